The maximum absolute atomic E-state index is 12.2. The Bertz CT molecular complexity index is 816. The second kappa shape index (κ2) is 5.64. The van der Waals surface area contributed by atoms with Gasteiger partial charge < -0.3 is 5.32 Å². The number of rotatable bonds is 4. The van der Waals surface area contributed by atoms with Gasteiger partial charge in [0.2, 0.25) is 5.91 Å². The number of hydrogen-bond acceptors (Lipinski definition) is 4. The smallest absolute Gasteiger partial charge is 0.267 e. The molecule has 1 amide bonds. The molecule has 2 heterocycles. The lowest BCUT2D eigenvalue weighted by Crippen LogP contribution is -2.37. The molecule has 1 N–H and O–H groups in total. The summed E-state index contributed by atoms with van der Waals surface area (Å²) in [5, 5.41) is 11.7. The zero-order valence-electron chi connectivity index (χ0n) is 13.8. The van der Waals surface area contributed by atoms with Crippen LogP contribution in [-0.2, 0) is 11.8 Å². The molecule has 0 radical (unpaired) electrons. The minimum Gasteiger partial charge on any atom is -0.352 e. The van der Waals surface area contributed by atoms with Gasteiger partial charge in [0.15, 0.2) is 0 Å². The second-order valence-electron chi connectivity index (χ2n) is 6.13. The van der Waals surface area contributed by atoms with Crippen LogP contribution in [0.15, 0.2) is 16.9 Å². The molecule has 2 aromatic heterocycles. The number of nitrogens with one attached hydrogen (secondary N) is 1. The standard InChI is InChI=1S/C16H21N5O2/c1-9-15(10(2)20(4)18-9)13-7-8-14(22)21(19-13)11(3)16(23)17-12-5-6-12/h7-8,11-12H,5-6H2,1-4H3,(H,17,23). The van der Waals surface area contributed by atoms with E-state index < -0.39 is 6.04 Å². The van der Waals surface area contributed by atoms with Gasteiger partial charge in [0.1, 0.15) is 6.04 Å². The van der Waals surface area contributed by atoms with Gasteiger partial charge in [0.05, 0.1) is 11.4 Å². The predicted octanol–water partition coefficient (Wildman–Crippen LogP) is 1.10. The first-order valence-electron chi connectivity index (χ1n) is 7.79. The minimum atomic E-state index is -0.639. The van der Waals surface area contributed by atoms with Crippen molar-refractivity contribution in [2.75, 3.05) is 0 Å². The lowest BCUT2D eigenvalue weighted by Gasteiger charge is -2.14. The van der Waals surface area contributed by atoms with Gasteiger partial charge in [-0.25, -0.2) is 4.68 Å². The summed E-state index contributed by atoms with van der Waals surface area (Å²) in [5.41, 5.74) is 3.08. The highest BCUT2D eigenvalue weighted by Crippen LogP contribution is 2.24. The fraction of sp³-hybridized carbons (Fsp3) is 0.500. The van der Waals surface area contributed by atoms with Gasteiger partial charge >= 0.3 is 0 Å². The summed E-state index contributed by atoms with van der Waals surface area (Å²) in [7, 11) is 1.87. The first-order chi connectivity index (χ1) is 10.9. The Balaban J connectivity index is 1.98. The molecule has 23 heavy (non-hydrogen) atoms. The lowest BCUT2D eigenvalue weighted by atomic mass is 10.1. The normalized spacial score (nSPS) is 15.5. The van der Waals surface area contributed by atoms with Crippen LogP contribution in [0.3, 0.4) is 0 Å². The van der Waals surface area contributed by atoms with Crippen molar-refractivity contribution in [2.45, 2.75) is 45.7 Å². The fourth-order valence-corrected chi connectivity index (χ4v) is 2.64. The SMILES string of the molecule is Cc1nn(C)c(C)c1-c1ccc(=O)n(C(C)C(=O)NC2CC2)n1. The van der Waals surface area contributed by atoms with E-state index in [1.54, 1.807) is 17.7 Å². The van der Waals surface area contributed by atoms with Crippen LogP contribution in [0.5, 0.6) is 0 Å². The first-order valence-corrected chi connectivity index (χ1v) is 7.79. The third-order valence-corrected chi connectivity index (χ3v) is 4.26. The summed E-state index contributed by atoms with van der Waals surface area (Å²) < 4.78 is 3.03. The van der Waals surface area contributed by atoms with E-state index in [0.29, 0.717) is 5.69 Å². The fourth-order valence-electron chi connectivity index (χ4n) is 2.64. The zero-order valence-corrected chi connectivity index (χ0v) is 13.8. The third-order valence-electron chi connectivity index (χ3n) is 4.26. The summed E-state index contributed by atoms with van der Waals surface area (Å²) >= 11 is 0. The van der Waals surface area contributed by atoms with Gasteiger partial charge in [-0.1, -0.05) is 0 Å². The molecule has 1 aliphatic carbocycles. The summed E-state index contributed by atoms with van der Waals surface area (Å²) in [6.45, 7) is 5.55. The molecular formula is C16H21N5O2. The number of hydrogen-bond donors (Lipinski definition) is 1. The van der Waals surface area contributed by atoms with Crippen molar-refractivity contribution < 1.29 is 4.79 Å². The van der Waals surface area contributed by atoms with Gasteiger partial charge in [-0.3, -0.25) is 14.3 Å². The van der Waals surface area contributed by atoms with Crippen molar-refractivity contribution in [1.29, 1.82) is 0 Å². The molecule has 2 aromatic rings. The monoisotopic (exact) mass is 315 g/mol. The Morgan fingerprint density at radius 3 is 2.57 bits per heavy atom. The molecule has 0 aromatic carbocycles. The molecule has 7 nitrogen and oxygen atoms in total. The second-order valence-corrected chi connectivity index (χ2v) is 6.13. The molecule has 0 saturated heterocycles. The van der Waals surface area contributed by atoms with E-state index in [2.05, 4.69) is 15.5 Å². The van der Waals surface area contributed by atoms with Crippen LogP contribution >= 0.6 is 0 Å². The molecule has 1 atom stereocenters. The van der Waals surface area contributed by atoms with E-state index in [9.17, 15) is 9.59 Å². The summed E-state index contributed by atoms with van der Waals surface area (Å²) in [4.78, 5) is 24.3. The molecule has 122 valence electrons. The van der Waals surface area contributed by atoms with Crippen molar-refractivity contribution in [1.82, 2.24) is 24.9 Å². The van der Waals surface area contributed by atoms with Crippen LogP contribution in [0.25, 0.3) is 11.3 Å². The Hall–Kier alpha value is -2.44. The van der Waals surface area contributed by atoms with Crippen LogP contribution in [0, 0.1) is 13.8 Å². The molecule has 7 heteroatoms. The number of aryl methyl sites for hydroxylation is 2. The number of amides is 1. The maximum atomic E-state index is 12.2. The van der Waals surface area contributed by atoms with E-state index in [-0.39, 0.29) is 17.5 Å². The Morgan fingerprint density at radius 1 is 1.30 bits per heavy atom. The van der Waals surface area contributed by atoms with Crippen molar-refractivity contribution in [3.05, 3.63) is 33.9 Å². The van der Waals surface area contributed by atoms with Crippen LogP contribution in [0.1, 0.15) is 37.2 Å². The van der Waals surface area contributed by atoms with E-state index in [1.807, 2.05) is 20.9 Å². The van der Waals surface area contributed by atoms with Crippen molar-refractivity contribution in [3.8, 4) is 11.3 Å². The summed E-state index contributed by atoms with van der Waals surface area (Å²) in [6.07, 6.45) is 2.02. The largest absolute Gasteiger partial charge is 0.352 e. The molecule has 3 rings (SSSR count). The van der Waals surface area contributed by atoms with Crippen molar-refractivity contribution in [2.24, 2.45) is 7.05 Å². The number of carbonyl (C=O) groups excluding carboxylic acids is 1. The molecule has 1 fully saturated rings. The van der Waals surface area contributed by atoms with E-state index >= 15 is 0 Å². The van der Waals surface area contributed by atoms with Crippen LogP contribution in [0.2, 0.25) is 0 Å². The van der Waals surface area contributed by atoms with Gasteiger partial charge in [0, 0.05) is 30.4 Å². The van der Waals surface area contributed by atoms with Gasteiger partial charge in [-0.15, -0.1) is 0 Å². The zero-order chi connectivity index (χ0) is 16.7. The van der Waals surface area contributed by atoms with Crippen molar-refractivity contribution >= 4 is 5.91 Å². The van der Waals surface area contributed by atoms with Gasteiger partial charge in [-0.2, -0.15) is 10.2 Å². The molecule has 0 aliphatic heterocycles. The topological polar surface area (TPSA) is 81.8 Å². The Morgan fingerprint density at radius 2 is 2.00 bits per heavy atom. The minimum absolute atomic E-state index is 0.168. The highest BCUT2D eigenvalue weighted by Gasteiger charge is 2.27. The number of carbonyl (C=O) groups is 1. The predicted molar refractivity (Wildman–Crippen MR) is 86.0 cm³/mol. The molecule has 0 bridgehead atoms. The number of nitrogens with zero attached hydrogens (tertiary/aromatic N) is 4. The van der Waals surface area contributed by atoms with Gasteiger partial charge in [0.25, 0.3) is 5.56 Å². The van der Waals surface area contributed by atoms with Crippen molar-refractivity contribution in [3.63, 3.8) is 0 Å². The molecule has 0 spiro atoms. The lowest BCUT2D eigenvalue weighted by molar-refractivity contribution is -0.124. The summed E-state index contributed by atoms with van der Waals surface area (Å²) in [6, 6.07) is 2.75. The Kier molecular flexibility index (Phi) is 3.79. The summed E-state index contributed by atoms with van der Waals surface area (Å²) in [5.74, 6) is -0.168. The average molecular weight is 315 g/mol. The highest BCUT2D eigenvalue weighted by atomic mass is 16.2. The quantitative estimate of drug-likeness (QED) is 0.916. The van der Waals surface area contributed by atoms with Crippen LogP contribution in [-0.4, -0.2) is 31.5 Å². The van der Waals surface area contributed by atoms with Gasteiger partial charge in [-0.05, 0) is 39.7 Å². The number of aromatic nitrogens is 4. The average Bonchev–Trinajstić information content (AvgIpc) is 3.27. The van der Waals surface area contributed by atoms with E-state index in [4.69, 9.17) is 0 Å². The van der Waals surface area contributed by atoms with Crippen LogP contribution < -0.4 is 10.9 Å². The maximum Gasteiger partial charge on any atom is 0.267 e. The first kappa shape index (κ1) is 15.5. The highest BCUT2D eigenvalue weighted by molar-refractivity contribution is 5.80. The third kappa shape index (κ3) is 2.91. The van der Waals surface area contributed by atoms with Crippen LogP contribution in [0.4, 0.5) is 0 Å². The molecule has 1 aliphatic rings. The molecule has 1 saturated carbocycles. The Labute approximate surface area is 134 Å². The van der Waals surface area contributed by atoms with E-state index in [1.165, 1.54) is 10.7 Å². The van der Waals surface area contributed by atoms with E-state index in [0.717, 1.165) is 29.8 Å². The molecular weight excluding hydrogens is 294 g/mol. The molecule has 1 unspecified atom stereocenters.